The third-order valence-corrected chi connectivity index (χ3v) is 2.74. The molecule has 102 valence electrons. The standard InChI is InChI=1S/C12H21N3O3/c1-3-4-11-14-12(18-15-11)8-16-7-10-6-13-5-9(2)17-10/h9-10,13H,3-8H2,1-2H3. The summed E-state index contributed by atoms with van der Waals surface area (Å²) < 4.78 is 16.3. The number of nitrogens with one attached hydrogen (secondary N) is 1. The van der Waals surface area contributed by atoms with Crippen LogP contribution in [0.5, 0.6) is 0 Å². The van der Waals surface area contributed by atoms with Crippen LogP contribution in [0.4, 0.5) is 0 Å². The summed E-state index contributed by atoms with van der Waals surface area (Å²) in [5.74, 6) is 1.29. The largest absolute Gasteiger partial charge is 0.370 e. The number of hydrogen-bond donors (Lipinski definition) is 1. The van der Waals surface area contributed by atoms with Crippen molar-refractivity contribution >= 4 is 0 Å². The predicted molar refractivity (Wildman–Crippen MR) is 65.2 cm³/mol. The number of hydrogen-bond acceptors (Lipinski definition) is 6. The summed E-state index contributed by atoms with van der Waals surface area (Å²) in [6, 6.07) is 0. The highest BCUT2D eigenvalue weighted by Gasteiger charge is 2.19. The fourth-order valence-electron chi connectivity index (χ4n) is 1.92. The van der Waals surface area contributed by atoms with Gasteiger partial charge in [0.05, 0.1) is 18.8 Å². The number of ether oxygens (including phenoxy) is 2. The van der Waals surface area contributed by atoms with E-state index < -0.39 is 0 Å². The highest BCUT2D eigenvalue weighted by molar-refractivity contribution is 4.84. The van der Waals surface area contributed by atoms with Crippen molar-refractivity contribution < 1.29 is 14.0 Å². The molecule has 2 atom stereocenters. The Morgan fingerprint density at radius 2 is 2.33 bits per heavy atom. The highest BCUT2D eigenvalue weighted by atomic mass is 16.5. The van der Waals surface area contributed by atoms with Gasteiger partial charge in [0.15, 0.2) is 5.82 Å². The predicted octanol–water partition coefficient (Wildman–Crippen LogP) is 0.916. The van der Waals surface area contributed by atoms with E-state index in [1.165, 1.54) is 0 Å². The Labute approximate surface area is 107 Å². The second kappa shape index (κ2) is 6.82. The molecule has 1 N–H and O–H groups in total. The molecule has 1 aromatic heterocycles. The van der Waals surface area contributed by atoms with Crippen molar-refractivity contribution in [3.8, 4) is 0 Å². The first-order valence-electron chi connectivity index (χ1n) is 6.53. The fourth-order valence-corrected chi connectivity index (χ4v) is 1.92. The van der Waals surface area contributed by atoms with Crippen LogP contribution in [0.15, 0.2) is 4.52 Å². The molecule has 2 unspecified atom stereocenters. The first-order valence-corrected chi connectivity index (χ1v) is 6.53. The Morgan fingerprint density at radius 1 is 1.44 bits per heavy atom. The molecule has 0 saturated carbocycles. The Kier molecular flexibility index (Phi) is 5.10. The molecule has 2 rings (SSSR count). The second-order valence-electron chi connectivity index (χ2n) is 4.60. The van der Waals surface area contributed by atoms with Gasteiger partial charge in [-0.3, -0.25) is 0 Å². The number of morpholine rings is 1. The van der Waals surface area contributed by atoms with Gasteiger partial charge in [-0.1, -0.05) is 12.1 Å². The van der Waals surface area contributed by atoms with E-state index in [1.54, 1.807) is 0 Å². The lowest BCUT2D eigenvalue weighted by Crippen LogP contribution is -2.45. The van der Waals surface area contributed by atoms with Crippen molar-refractivity contribution in [2.75, 3.05) is 19.7 Å². The van der Waals surface area contributed by atoms with E-state index in [0.717, 1.165) is 31.8 Å². The van der Waals surface area contributed by atoms with Crippen LogP contribution in [0.3, 0.4) is 0 Å². The Hall–Kier alpha value is -0.980. The first-order chi connectivity index (χ1) is 8.78. The average molecular weight is 255 g/mol. The zero-order valence-corrected chi connectivity index (χ0v) is 11.0. The quantitative estimate of drug-likeness (QED) is 0.815. The lowest BCUT2D eigenvalue weighted by Gasteiger charge is -2.28. The Balaban J connectivity index is 1.67. The first kappa shape index (κ1) is 13.5. The zero-order valence-electron chi connectivity index (χ0n) is 11.0. The minimum atomic E-state index is 0.104. The van der Waals surface area contributed by atoms with Gasteiger partial charge in [0.1, 0.15) is 6.61 Å². The van der Waals surface area contributed by atoms with E-state index >= 15 is 0 Å². The fraction of sp³-hybridized carbons (Fsp3) is 0.833. The van der Waals surface area contributed by atoms with E-state index in [4.69, 9.17) is 14.0 Å². The molecule has 18 heavy (non-hydrogen) atoms. The molecule has 0 aromatic carbocycles. The molecule has 0 bridgehead atoms. The van der Waals surface area contributed by atoms with E-state index in [1.807, 2.05) is 6.92 Å². The Morgan fingerprint density at radius 3 is 3.11 bits per heavy atom. The van der Waals surface area contributed by atoms with Gasteiger partial charge >= 0.3 is 0 Å². The average Bonchev–Trinajstić information content (AvgIpc) is 2.78. The van der Waals surface area contributed by atoms with Crippen LogP contribution in [0.2, 0.25) is 0 Å². The summed E-state index contributed by atoms with van der Waals surface area (Å²) in [4.78, 5) is 4.24. The van der Waals surface area contributed by atoms with Gasteiger partial charge in [0.25, 0.3) is 5.89 Å². The molecule has 0 aliphatic carbocycles. The molecule has 1 saturated heterocycles. The van der Waals surface area contributed by atoms with Gasteiger partial charge < -0.3 is 19.3 Å². The van der Waals surface area contributed by atoms with Gasteiger partial charge in [-0.05, 0) is 13.3 Å². The number of rotatable bonds is 6. The molecular weight excluding hydrogens is 234 g/mol. The van der Waals surface area contributed by atoms with Crippen LogP contribution in [-0.4, -0.2) is 42.0 Å². The van der Waals surface area contributed by atoms with E-state index in [-0.39, 0.29) is 12.2 Å². The minimum absolute atomic E-state index is 0.104. The summed E-state index contributed by atoms with van der Waals surface area (Å²) in [5, 5.41) is 7.17. The lowest BCUT2D eigenvalue weighted by atomic mass is 10.2. The maximum absolute atomic E-state index is 5.71. The van der Waals surface area contributed by atoms with Crippen LogP contribution < -0.4 is 5.32 Å². The van der Waals surface area contributed by atoms with Crippen molar-refractivity contribution in [2.45, 2.75) is 45.5 Å². The smallest absolute Gasteiger partial charge is 0.252 e. The Bertz CT molecular complexity index is 356. The molecule has 1 aliphatic rings. The molecule has 6 heteroatoms. The molecule has 1 aromatic rings. The molecular formula is C12H21N3O3. The maximum atomic E-state index is 5.71. The molecule has 2 heterocycles. The summed E-state index contributed by atoms with van der Waals surface area (Å²) in [6.45, 7) is 6.76. The van der Waals surface area contributed by atoms with E-state index in [0.29, 0.717) is 19.1 Å². The van der Waals surface area contributed by atoms with Crippen molar-refractivity contribution in [2.24, 2.45) is 0 Å². The van der Waals surface area contributed by atoms with E-state index in [9.17, 15) is 0 Å². The van der Waals surface area contributed by atoms with E-state index in [2.05, 4.69) is 22.4 Å². The topological polar surface area (TPSA) is 69.4 Å². The van der Waals surface area contributed by atoms with Crippen LogP contribution in [0, 0.1) is 0 Å². The van der Waals surface area contributed by atoms with Crippen molar-refractivity contribution in [1.82, 2.24) is 15.5 Å². The third kappa shape index (κ3) is 4.04. The number of nitrogens with zero attached hydrogens (tertiary/aromatic N) is 2. The molecule has 0 amide bonds. The van der Waals surface area contributed by atoms with Crippen molar-refractivity contribution in [1.29, 1.82) is 0 Å². The molecule has 1 fully saturated rings. The molecule has 0 spiro atoms. The van der Waals surface area contributed by atoms with Gasteiger partial charge in [-0.15, -0.1) is 0 Å². The molecule has 0 radical (unpaired) electrons. The minimum Gasteiger partial charge on any atom is -0.370 e. The number of aryl methyl sites for hydroxylation is 1. The normalized spacial score (nSPS) is 24.3. The SMILES string of the molecule is CCCc1noc(COCC2CNCC(C)O2)n1. The third-order valence-electron chi connectivity index (χ3n) is 2.74. The monoisotopic (exact) mass is 255 g/mol. The van der Waals surface area contributed by atoms with Crippen molar-refractivity contribution in [3.05, 3.63) is 11.7 Å². The van der Waals surface area contributed by atoms with Gasteiger partial charge in [-0.25, -0.2) is 0 Å². The van der Waals surface area contributed by atoms with Gasteiger partial charge in [-0.2, -0.15) is 4.98 Å². The summed E-state index contributed by atoms with van der Waals surface area (Å²) in [7, 11) is 0. The highest BCUT2D eigenvalue weighted by Crippen LogP contribution is 2.06. The summed E-state index contributed by atoms with van der Waals surface area (Å²) in [6.07, 6.45) is 2.20. The maximum Gasteiger partial charge on any atom is 0.252 e. The van der Waals surface area contributed by atoms with Crippen LogP contribution in [0.25, 0.3) is 0 Å². The summed E-state index contributed by atoms with van der Waals surface area (Å²) in [5.41, 5.74) is 0. The summed E-state index contributed by atoms with van der Waals surface area (Å²) >= 11 is 0. The van der Waals surface area contributed by atoms with Gasteiger partial charge in [0, 0.05) is 19.5 Å². The molecule has 1 aliphatic heterocycles. The van der Waals surface area contributed by atoms with Crippen molar-refractivity contribution in [3.63, 3.8) is 0 Å². The second-order valence-corrected chi connectivity index (χ2v) is 4.60. The van der Waals surface area contributed by atoms with Crippen LogP contribution >= 0.6 is 0 Å². The number of aromatic nitrogens is 2. The van der Waals surface area contributed by atoms with Crippen LogP contribution in [0.1, 0.15) is 32.0 Å². The lowest BCUT2D eigenvalue weighted by molar-refractivity contribution is -0.0741. The van der Waals surface area contributed by atoms with Crippen LogP contribution in [-0.2, 0) is 22.5 Å². The van der Waals surface area contributed by atoms with Gasteiger partial charge in [0.2, 0.25) is 0 Å². The zero-order chi connectivity index (χ0) is 12.8. The molecule has 6 nitrogen and oxygen atoms in total.